The van der Waals surface area contributed by atoms with E-state index in [2.05, 4.69) is 46.4 Å². The molecule has 0 spiro atoms. The van der Waals surface area contributed by atoms with Gasteiger partial charge in [-0.3, -0.25) is 4.79 Å². The minimum Gasteiger partial charge on any atom is -0.309 e. The summed E-state index contributed by atoms with van der Waals surface area (Å²) in [5.74, 6) is 2.16. The maximum absolute atomic E-state index is 11.7. The molecule has 1 aliphatic carbocycles. The number of hydrogen-bond donors (Lipinski definition) is 1. The highest BCUT2D eigenvalue weighted by molar-refractivity contribution is 14.1. The standard InChI is InChI=1S/C11H15IN2OS/c1-6(2)16-5-8-13-10(7-3-4-7)9(12)11(15)14-8/h6-7H,3-5H2,1-2H3,(H,13,14,15). The molecule has 5 heteroatoms. The predicted molar refractivity (Wildman–Crippen MR) is 76.0 cm³/mol. The molecule has 0 saturated heterocycles. The van der Waals surface area contributed by atoms with Crippen LogP contribution in [-0.4, -0.2) is 15.2 Å². The molecule has 16 heavy (non-hydrogen) atoms. The van der Waals surface area contributed by atoms with Crippen LogP contribution in [-0.2, 0) is 5.75 Å². The maximum atomic E-state index is 11.7. The van der Waals surface area contributed by atoms with Crippen molar-refractivity contribution in [3.05, 3.63) is 25.4 Å². The third-order valence-electron chi connectivity index (χ3n) is 2.45. The molecular formula is C11H15IN2OS. The summed E-state index contributed by atoms with van der Waals surface area (Å²) in [5, 5.41) is 0.564. The number of aromatic nitrogens is 2. The first-order valence-electron chi connectivity index (χ1n) is 5.48. The van der Waals surface area contributed by atoms with E-state index in [9.17, 15) is 4.79 Å². The molecule has 88 valence electrons. The Morgan fingerprint density at radius 2 is 2.25 bits per heavy atom. The number of H-pyrrole nitrogens is 1. The van der Waals surface area contributed by atoms with Crippen molar-refractivity contribution in [1.29, 1.82) is 0 Å². The topological polar surface area (TPSA) is 45.8 Å². The fraction of sp³-hybridized carbons (Fsp3) is 0.636. The Hall–Kier alpha value is -0.0400. The summed E-state index contributed by atoms with van der Waals surface area (Å²) < 4.78 is 0.776. The van der Waals surface area contributed by atoms with E-state index in [1.165, 1.54) is 12.8 Å². The van der Waals surface area contributed by atoms with Gasteiger partial charge in [-0.25, -0.2) is 4.98 Å². The van der Waals surface area contributed by atoms with Crippen LogP contribution in [0.2, 0.25) is 0 Å². The molecule has 2 rings (SSSR count). The number of nitrogens with zero attached hydrogens (tertiary/aromatic N) is 1. The van der Waals surface area contributed by atoms with Crippen molar-refractivity contribution in [1.82, 2.24) is 9.97 Å². The van der Waals surface area contributed by atoms with E-state index in [0.717, 1.165) is 20.8 Å². The van der Waals surface area contributed by atoms with E-state index in [1.807, 2.05) is 0 Å². The Morgan fingerprint density at radius 1 is 1.56 bits per heavy atom. The average Bonchev–Trinajstić information content (AvgIpc) is 3.03. The Balaban J connectivity index is 2.22. The van der Waals surface area contributed by atoms with Gasteiger partial charge in [-0.1, -0.05) is 13.8 Å². The van der Waals surface area contributed by atoms with Gasteiger partial charge in [0.2, 0.25) is 0 Å². The van der Waals surface area contributed by atoms with Crippen LogP contribution in [0.15, 0.2) is 4.79 Å². The van der Waals surface area contributed by atoms with Crippen LogP contribution >= 0.6 is 34.4 Å². The van der Waals surface area contributed by atoms with E-state index in [4.69, 9.17) is 0 Å². The fourth-order valence-corrected chi connectivity index (χ4v) is 2.79. The van der Waals surface area contributed by atoms with Crippen LogP contribution in [0.25, 0.3) is 0 Å². The molecule has 1 aromatic rings. The minimum absolute atomic E-state index is 0.0249. The van der Waals surface area contributed by atoms with Crippen molar-refractivity contribution >= 4 is 34.4 Å². The molecule has 0 aliphatic heterocycles. The van der Waals surface area contributed by atoms with Gasteiger partial charge < -0.3 is 4.98 Å². The second-order valence-corrected chi connectivity index (χ2v) is 6.99. The van der Waals surface area contributed by atoms with Crippen LogP contribution in [0.3, 0.4) is 0 Å². The second kappa shape index (κ2) is 5.08. The van der Waals surface area contributed by atoms with Gasteiger partial charge >= 0.3 is 0 Å². The van der Waals surface area contributed by atoms with Gasteiger partial charge in [-0.2, -0.15) is 11.8 Å². The predicted octanol–water partition coefficient (Wildman–Crippen LogP) is 2.89. The highest BCUT2D eigenvalue weighted by Gasteiger charge is 2.28. The molecule has 1 saturated carbocycles. The van der Waals surface area contributed by atoms with Crippen molar-refractivity contribution in [2.45, 2.75) is 43.6 Å². The summed E-state index contributed by atoms with van der Waals surface area (Å²) in [6.07, 6.45) is 2.37. The maximum Gasteiger partial charge on any atom is 0.264 e. The van der Waals surface area contributed by atoms with E-state index in [-0.39, 0.29) is 5.56 Å². The minimum atomic E-state index is 0.0249. The summed E-state index contributed by atoms with van der Waals surface area (Å²) in [6, 6.07) is 0. The zero-order valence-corrected chi connectivity index (χ0v) is 12.4. The third-order valence-corrected chi connectivity index (χ3v) is 4.60. The first kappa shape index (κ1) is 12.4. The molecule has 1 aliphatic rings. The summed E-state index contributed by atoms with van der Waals surface area (Å²) in [5.41, 5.74) is 1.04. The first-order chi connectivity index (χ1) is 7.58. The van der Waals surface area contributed by atoms with Gasteiger partial charge in [0.1, 0.15) is 5.82 Å². The van der Waals surface area contributed by atoms with Crippen molar-refractivity contribution in [3.63, 3.8) is 0 Å². The first-order valence-corrected chi connectivity index (χ1v) is 7.61. The SMILES string of the molecule is CC(C)SCc1nc(C2CC2)c(I)c(=O)[nH]1. The largest absolute Gasteiger partial charge is 0.309 e. The lowest BCUT2D eigenvalue weighted by Gasteiger charge is -2.07. The normalized spacial score (nSPS) is 15.8. The van der Waals surface area contributed by atoms with E-state index in [1.54, 1.807) is 11.8 Å². The highest BCUT2D eigenvalue weighted by Crippen LogP contribution is 2.40. The molecule has 1 N–H and O–H groups in total. The van der Waals surface area contributed by atoms with Crippen LogP contribution in [0.4, 0.5) is 0 Å². The number of hydrogen-bond acceptors (Lipinski definition) is 3. The van der Waals surface area contributed by atoms with E-state index >= 15 is 0 Å². The summed E-state index contributed by atoms with van der Waals surface area (Å²) in [4.78, 5) is 19.2. The lowest BCUT2D eigenvalue weighted by atomic mass is 10.3. The molecular weight excluding hydrogens is 335 g/mol. The Bertz CT molecular complexity index is 440. The summed E-state index contributed by atoms with van der Waals surface area (Å²) >= 11 is 3.91. The second-order valence-electron chi connectivity index (χ2n) is 4.35. The Kier molecular flexibility index (Phi) is 3.94. The number of rotatable bonds is 4. The smallest absolute Gasteiger partial charge is 0.264 e. The van der Waals surface area contributed by atoms with Crippen LogP contribution in [0.1, 0.15) is 44.1 Å². The van der Waals surface area contributed by atoms with Crippen molar-refractivity contribution < 1.29 is 0 Å². The monoisotopic (exact) mass is 350 g/mol. The van der Waals surface area contributed by atoms with Crippen molar-refractivity contribution in [3.8, 4) is 0 Å². The molecule has 0 bridgehead atoms. The van der Waals surface area contributed by atoms with Gasteiger partial charge in [0.25, 0.3) is 5.56 Å². The van der Waals surface area contributed by atoms with Gasteiger partial charge in [-0.05, 0) is 40.7 Å². The summed E-state index contributed by atoms with van der Waals surface area (Å²) in [6.45, 7) is 4.30. The van der Waals surface area contributed by atoms with Gasteiger partial charge in [0.15, 0.2) is 0 Å². The molecule has 0 atom stereocenters. The van der Waals surface area contributed by atoms with Crippen LogP contribution < -0.4 is 5.56 Å². The molecule has 3 nitrogen and oxygen atoms in total. The zero-order valence-electron chi connectivity index (χ0n) is 9.42. The Morgan fingerprint density at radius 3 is 2.81 bits per heavy atom. The molecule has 0 aromatic carbocycles. The van der Waals surface area contributed by atoms with Gasteiger partial charge in [0.05, 0.1) is 15.0 Å². The number of halogens is 1. The van der Waals surface area contributed by atoms with Crippen LogP contribution in [0, 0.1) is 3.57 Å². The molecule has 1 fully saturated rings. The van der Waals surface area contributed by atoms with Gasteiger partial charge in [-0.15, -0.1) is 0 Å². The summed E-state index contributed by atoms with van der Waals surface area (Å²) in [7, 11) is 0. The van der Waals surface area contributed by atoms with Gasteiger partial charge in [0, 0.05) is 5.92 Å². The average molecular weight is 350 g/mol. The molecule has 1 heterocycles. The lowest BCUT2D eigenvalue weighted by molar-refractivity contribution is 0.895. The van der Waals surface area contributed by atoms with E-state index < -0.39 is 0 Å². The Labute approximate surface area is 113 Å². The van der Waals surface area contributed by atoms with Crippen molar-refractivity contribution in [2.75, 3.05) is 0 Å². The number of aromatic amines is 1. The number of thioether (sulfide) groups is 1. The molecule has 0 unspecified atom stereocenters. The molecule has 1 aromatic heterocycles. The van der Waals surface area contributed by atoms with E-state index in [0.29, 0.717) is 11.2 Å². The molecule has 0 radical (unpaired) electrons. The quantitative estimate of drug-likeness (QED) is 0.850. The lowest BCUT2D eigenvalue weighted by Crippen LogP contribution is -2.17. The van der Waals surface area contributed by atoms with Crippen LogP contribution in [0.5, 0.6) is 0 Å². The third kappa shape index (κ3) is 3.00. The number of nitrogens with one attached hydrogen (secondary N) is 1. The molecule has 0 amide bonds. The zero-order chi connectivity index (χ0) is 11.7. The fourth-order valence-electron chi connectivity index (χ4n) is 1.47. The highest BCUT2D eigenvalue weighted by atomic mass is 127. The van der Waals surface area contributed by atoms with Crippen molar-refractivity contribution in [2.24, 2.45) is 0 Å².